The SMILES string of the molecule is CCOC1(C(N)c2ccncc2F)CCCC(C)C1. The topological polar surface area (TPSA) is 48.1 Å². The van der Waals surface area contributed by atoms with Crippen molar-refractivity contribution in [3.8, 4) is 0 Å². The molecule has 0 bridgehead atoms. The number of hydrogen-bond donors (Lipinski definition) is 1. The van der Waals surface area contributed by atoms with Gasteiger partial charge in [-0.05, 0) is 31.7 Å². The van der Waals surface area contributed by atoms with Crippen LogP contribution in [0.25, 0.3) is 0 Å². The van der Waals surface area contributed by atoms with Crippen molar-refractivity contribution in [2.75, 3.05) is 6.61 Å². The van der Waals surface area contributed by atoms with Gasteiger partial charge in [0.25, 0.3) is 0 Å². The molecule has 1 fully saturated rings. The Kier molecular flexibility index (Phi) is 4.53. The second-order valence-corrected chi connectivity index (χ2v) is 5.57. The second-order valence-electron chi connectivity index (χ2n) is 5.57. The molecule has 1 aromatic heterocycles. The fourth-order valence-corrected chi connectivity index (χ4v) is 3.26. The Labute approximate surface area is 114 Å². The van der Waals surface area contributed by atoms with Gasteiger partial charge in [-0.3, -0.25) is 4.98 Å². The molecule has 0 radical (unpaired) electrons. The average molecular weight is 266 g/mol. The first-order valence-electron chi connectivity index (χ1n) is 7.08. The molecule has 1 aliphatic carbocycles. The maximum absolute atomic E-state index is 13.9. The van der Waals surface area contributed by atoms with Gasteiger partial charge >= 0.3 is 0 Å². The maximum Gasteiger partial charge on any atom is 0.146 e. The average Bonchev–Trinajstić information content (AvgIpc) is 2.39. The minimum absolute atomic E-state index is 0.340. The van der Waals surface area contributed by atoms with Crippen molar-refractivity contribution in [2.45, 2.75) is 51.2 Å². The standard InChI is InChI=1S/C15H23FN2O/c1-3-19-15(7-4-5-11(2)9-15)14(17)12-6-8-18-10-13(12)16/h6,8,10-11,14H,3-5,7,9,17H2,1-2H3. The van der Waals surface area contributed by atoms with E-state index < -0.39 is 11.6 Å². The van der Waals surface area contributed by atoms with Gasteiger partial charge in [-0.15, -0.1) is 0 Å². The van der Waals surface area contributed by atoms with Crippen LogP contribution in [0.1, 0.15) is 51.1 Å². The summed E-state index contributed by atoms with van der Waals surface area (Å²) in [4.78, 5) is 3.78. The Morgan fingerprint density at radius 2 is 2.42 bits per heavy atom. The first-order chi connectivity index (χ1) is 9.09. The van der Waals surface area contributed by atoms with Crippen LogP contribution >= 0.6 is 0 Å². The number of nitrogens with zero attached hydrogens (tertiary/aromatic N) is 1. The number of ether oxygens (including phenoxy) is 1. The van der Waals surface area contributed by atoms with Crippen LogP contribution in [0.4, 0.5) is 4.39 Å². The zero-order valence-electron chi connectivity index (χ0n) is 11.7. The minimum atomic E-state index is -0.436. The van der Waals surface area contributed by atoms with Crippen molar-refractivity contribution < 1.29 is 9.13 Å². The van der Waals surface area contributed by atoms with Gasteiger partial charge in [-0.1, -0.05) is 19.8 Å². The van der Waals surface area contributed by atoms with Crippen LogP contribution in [0.15, 0.2) is 18.5 Å². The quantitative estimate of drug-likeness (QED) is 0.910. The Hall–Kier alpha value is -1.00. The summed E-state index contributed by atoms with van der Waals surface area (Å²) in [6, 6.07) is 1.23. The molecular weight excluding hydrogens is 243 g/mol. The van der Waals surface area contributed by atoms with Crippen LogP contribution in [-0.2, 0) is 4.74 Å². The van der Waals surface area contributed by atoms with E-state index in [9.17, 15) is 4.39 Å². The number of halogens is 1. The molecule has 0 saturated heterocycles. The normalized spacial score (nSPS) is 29.2. The first-order valence-corrected chi connectivity index (χ1v) is 7.08. The lowest BCUT2D eigenvalue weighted by atomic mass is 9.73. The molecule has 1 aromatic rings. The Morgan fingerprint density at radius 1 is 1.63 bits per heavy atom. The summed E-state index contributed by atoms with van der Waals surface area (Å²) < 4.78 is 19.9. The molecule has 3 unspecified atom stereocenters. The van der Waals surface area contributed by atoms with Crippen molar-refractivity contribution in [3.05, 3.63) is 29.8 Å². The number of rotatable bonds is 4. The lowest BCUT2D eigenvalue weighted by molar-refractivity contribution is -0.0944. The summed E-state index contributed by atoms with van der Waals surface area (Å²) >= 11 is 0. The summed E-state index contributed by atoms with van der Waals surface area (Å²) in [6.45, 7) is 4.78. The van der Waals surface area contributed by atoms with Crippen LogP contribution in [0, 0.1) is 11.7 Å². The van der Waals surface area contributed by atoms with E-state index in [1.807, 2.05) is 6.92 Å². The van der Waals surface area contributed by atoms with Gasteiger partial charge in [0.1, 0.15) is 5.82 Å². The summed E-state index contributed by atoms with van der Waals surface area (Å²) in [6.07, 6.45) is 6.88. The molecule has 0 amide bonds. The fraction of sp³-hybridized carbons (Fsp3) is 0.667. The van der Waals surface area contributed by atoms with Crippen LogP contribution < -0.4 is 5.73 Å². The minimum Gasteiger partial charge on any atom is -0.373 e. The van der Waals surface area contributed by atoms with E-state index in [0.717, 1.165) is 19.3 Å². The lowest BCUT2D eigenvalue weighted by Gasteiger charge is -2.44. The molecule has 3 atom stereocenters. The summed E-state index contributed by atoms with van der Waals surface area (Å²) in [5.74, 6) is 0.226. The molecule has 1 aliphatic rings. The molecule has 1 saturated carbocycles. The molecule has 0 spiro atoms. The van der Waals surface area contributed by atoms with Crippen molar-refractivity contribution >= 4 is 0 Å². The Balaban J connectivity index is 2.30. The molecule has 2 rings (SSSR count). The van der Waals surface area contributed by atoms with Gasteiger partial charge in [0.2, 0.25) is 0 Å². The molecule has 106 valence electrons. The maximum atomic E-state index is 13.9. The van der Waals surface area contributed by atoms with E-state index in [0.29, 0.717) is 18.1 Å². The third kappa shape index (κ3) is 2.95. The van der Waals surface area contributed by atoms with Gasteiger partial charge in [0.15, 0.2) is 0 Å². The molecule has 2 N–H and O–H groups in total. The smallest absolute Gasteiger partial charge is 0.146 e. The fourth-order valence-electron chi connectivity index (χ4n) is 3.26. The lowest BCUT2D eigenvalue weighted by Crippen LogP contribution is -2.47. The zero-order chi connectivity index (χ0) is 13.9. The van der Waals surface area contributed by atoms with Crippen molar-refractivity contribution in [3.63, 3.8) is 0 Å². The number of nitrogens with two attached hydrogens (primary N) is 1. The first kappa shape index (κ1) is 14.4. The second kappa shape index (κ2) is 5.97. The third-order valence-corrected chi connectivity index (χ3v) is 4.13. The van der Waals surface area contributed by atoms with Gasteiger partial charge in [0.05, 0.1) is 17.8 Å². The Bertz CT molecular complexity index is 422. The van der Waals surface area contributed by atoms with Crippen LogP contribution in [-0.4, -0.2) is 17.2 Å². The monoisotopic (exact) mass is 266 g/mol. The molecule has 19 heavy (non-hydrogen) atoms. The predicted molar refractivity (Wildman–Crippen MR) is 73.1 cm³/mol. The number of pyridine rings is 1. The van der Waals surface area contributed by atoms with E-state index >= 15 is 0 Å². The van der Waals surface area contributed by atoms with Gasteiger partial charge in [-0.2, -0.15) is 0 Å². The predicted octanol–water partition coefficient (Wildman–Crippen LogP) is 3.21. The molecule has 0 aliphatic heterocycles. The van der Waals surface area contributed by atoms with Crippen LogP contribution in [0.5, 0.6) is 0 Å². The van der Waals surface area contributed by atoms with Crippen LogP contribution in [0.3, 0.4) is 0 Å². The number of aromatic nitrogens is 1. The molecule has 3 nitrogen and oxygen atoms in total. The van der Waals surface area contributed by atoms with Crippen molar-refractivity contribution in [2.24, 2.45) is 11.7 Å². The molecular formula is C15H23FN2O. The molecule has 1 heterocycles. The highest BCUT2D eigenvalue weighted by molar-refractivity contribution is 5.21. The largest absolute Gasteiger partial charge is 0.373 e. The molecule has 0 aromatic carbocycles. The van der Waals surface area contributed by atoms with Crippen molar-refractivity contribution in [1.29, 1.82) is 0 Å². The number of hydrogen-bond acceptors (Lipinski definition) is 3. The highest BCUT2D eigenvalue weighted by Gasteiger charge is 2.42. The summed E-state index contributed by atoms with van der Waals surface area (Å²) in [5.41, 5.74) is 6.44. The van der Waals surface area contributed by atoms with Gasteiger partial charge < -0.3 is 10.5 Å². The highest BCUT2D eigenvalue weighted by atomic mass is 19.1. The van der Waals surface area contributed by atoms with Gasteiger partial charge in [-0.25, -0.2) is 4.39 Å². The summed E-state index contributed by atoms with van der Waals surface area (Å²) in [5, 5.41) is 0. The summed E-state index contributed by atoms with van der Waals surface area (Å²) in [7, 11) is 0. The van der Waals surface area contributed by atoms with E-state index in [2.05, 4.69) is 11.9 Å². The zero-order valence-corrected chi connectivity index (χ0v) is 11.7. The Morgan fingerprint density at radius 3 is 3.05 bits per heavy atom. The molecule has 4 heteroatoms. The van der Waals surface area contributed by atoms with Crippen LogP contribution in [0.2, 0.25) is 0 Å². The van der Waals surface area contributed by atoms with E-state index in [-0.39, 0.29) is 5.82 Å². The van der Waals surface area contributed by atoms with E-state index in [4.69, 9.17) is 10.5 Å². The van der Waals surface area contributed by atoms with E-state index in [1.54, 1.807) is 12.3 Å². The van der Waals surface area contributed by atoms with Gasteiger partial charge in [0, 0.05) is 18.4 Å². The van der Waals surface area contributed by atoms with E-state index in [1.165, 1.54) is 12.6 Å². The highest BCUT2D eigenvalue weighted by Crippen LogP contribution is 2.42. The third-order valence-electron chi connectivity index (χ3n) is 4.13. The van der Waals surface area contributed by atoms with Crippen molar-refractivity contribution in [1.82, 2.24) is 4.98 Å².